The van der Waals surface area contributed by atoms with E-state index in [-0.39, 0.29) is 12.7 Å². The summed E-state index contributed by atoms with van der Waals surface area (Å²) in [6.07, 6.45) is 6.51. The lowest BCUT2D eigenvalue weighted by molar-refractivity contribution is -0.117. The summed E-state index contributed by atoms with van der Waals surface area (Å²) in [6.45, 7) is 2.14. The minimum atomic E-state index is -0.0340. The summed E-state index contributed by atoms with van der Waals surface area (Å²) >= 11 is 0. The van der Waals surface area contributed by atoms with E-state index in [0.29, 0.717) is 6.42 Å². The van der Waals surface area contributed by atoms with Crippen molar-refractivity contribution in [3.05, 3.63) is 0 Å². The molecule has 0 fully saturated rings. The second-order valence-electron chi connectivity index (χ2n) is 2.70. The van der Waals surface area contributed by atoms with Crippen LogP contribution >= 0.6 is 0 Å². The quantitative estimate of drug-likeness (QED) is 0.522. The van der Waals surface area contributed by atoms with Gasteiger partial charge in [0.15, 0.2) is 0 Å². The lowest BCUT2D eigenvalue weighted by Gasteiger charge is -1.95. The first-order valence-corrected chi connectivity index (χ1v) is 4.12. The Kier molecular flexibility index (Phi) is 5.27. The minimum absolute atomic E-state index is 0.0340. The molecule has 0 bridgehead atoms. The lowest BCUT2D eigenvalue weighted by Crippen LogP contribution is -1.88. The maximum Gasteiger partial charge on any atom is 0.129 e. The SMILES string of the molecule is [2H]CC(=O)CCCCCCC. The third-order valence-electron chi connectivity index (χ3n) is 1.56. The van der Waals surface area contributed by atoms with Crippen LogP contribution in [-0.4, -0.2) is 5.78 Å². The molecule has 0 aliphatic heterocycles. The van der Waals surface area contributed by atoms with Crippen LogP contribution in [0.25, 0.3) is 0 Å². The van der Waals surface area contributed by atoms with Crippen LogP contribution in [-0.2, 0) is 4.79 Å². The molecular formula is C9H18O. The Morgan fingerprint density at radius 2 is 2.00 bits per heavy atom. The number of hydrogen-bond acceptors (Lipinski definition) is 1. The van der Waals surface area contributed by atoms with Crippen LogP contribution in [0.5, 0.6) is 0 Å². The van der Waals surface area contributed by atoms with E-state index in [4.69, 9.17) is 1.37 Å². The van der Waals surface area contributed by atoms with Gasteiger partial charge in [-0.1, -0.05) is 32.6 Å². The highest BCUT2D eigenvalue weighted by molar-refractivity contribution is 5.75. The van der Waals surface area contributed by atoms with Gasteiger partial charge in [0, 0.05) is 7.79 Å². The molecule has 0 rings (SSSR count). The highest BCUT2D eigenvalue weighted by Crippen LogP contribution is 2.04. The van der Waals surface area contributed by atoms with Gasteiger partial charge in [-0.15, -0.1) is 0 Å². The van der Waals surface area contributed by atoms with Crippen LogP contribution in [0, 0.1) is 0 Å². The summed E-state index contributed by atoms with van der Waals surface area (Å²) in [7, 11) is 0. The molecule has 0 saturated carbocycles. The first kappa shape index (κ1) is 7.77. The predicted molar refractivity (Wildman–Crippen MR) is 44.1 cm³/mol. The Bertz CT molecular complexity index is 102. The Hall–Kier alpha value is -0.330. The largest absolute Gasteiger partial charge is 0.300 e. The average molecular weight is 143 g/mol. The van der Waals surface area contributed by atoms with E-state index in [1.165, 1.54) is 19.3 Å². The monoisotopic (exact) mass is 143 g/mol. The van der Waals surface area contributed by atoms with Crippen molar-refractivity contribution in [1.29, 1.82) is 0 Å². The van der Waals surface area contributed by atoms with Gasteiger partial charge in [0.05, 0.1) is 0 Å². The van der Waals surface area contributed by atoms with Gasteiger partial charge in [-0.3, -0.25) is 0 Å². The Labute approximate surface area is 65.2 Å². The van der Waals surface area contributed by atoms with E-state index in [1.807, 2.05) is 0 Å². The molecule has 0 aliphatic rings. The third-order valence-corrected chi connectivity index (χ3v) is 1.56. The normalized spacial score (nSPS) is 11.1. The van der Waals surface area contributed by atoms with Crippen LogP contribution in [0.4, 0.5) is 0 Å². The standard InChI is InChI=1S/C9H18O/c1-3-4-5-6-7-8-9(2)10/h3-8H2,1-2H3/i2D. The molecule has 0 aromatic rings. The molecule has 0 spiro atoms. The Balaban J connectivity index is 2.95. The molecule has 1 nitrogen and oxygen atoms in total. The molecule has 0 aliphatic carbocycles. The molecule has 0 aromatic heterocycles. The topological polar surface area (TPSA) is 17.1 Å². The van der Waals surface area contributed by atoms with E-state index in [0.717, 1.165) is 12.8 Å². The molecule has 60 valence electrons. The molecule has 0 saturated heterocycles. The zero-order valence-corrected chi connectivity index (χ0v) is 6.86. The number of carbonyl (C=O) groups is 1. The van der Waals surface area contributed by atoms with Crippen molar-refractivity contribution < 1.29 is 6.17 Å². The maximum atomic E-state index is 10.7. The number of Topliss-reactive ketones (excluding diaryl/α,β-unsaturated/α-hetero) is 1. The summed E-state index contributed by atoms with van der Waals surface area (Å²) in [4.78, 5) is 10.7. The predicted octanol–water partition coefficient (Wildman–Crippen LogP) is 2.94. The highest BCUT2D eigenvalue weighted by Gasteiger charge is 1.92. The van der Waals surface area contributed by atoms with Crippen molar-refractivity contribution in [2.75, 3.05) is 0 Å². The van der Waals surface area contributed by atoms with E-state index in [2.05, 4.69) is 6.92 Å². The fourth-order valence-electron chi connectivity index (χ4n) is 0.926. The second-order valence-corrected chi connectivity index (χ2v) is 2.70. The van der Waals surface area contributed by atoms with E-state index in [1.54, 1.807) is 0 Å². The summed E-state index contributed by atoms with van der Waals surface area (Å²) in [6, 6.07) is 0. The summed E-state index contributed by atoms with van der Waals surface area (Å²) in [5.41, 5.74) is 0. The Morgan fingerprint density at radius 1 is 1.30 bits per heavy atom. The van der Waals surface area contributed by atoms with Gasteiger partial charge in [-0.25, -0.2) is 0 Å². The fourth-order valence-corrected chi connectivity index (χ4v) is 0.926. The average Bonchev–Trinajstić information content (AvgIpc) is 2.04. The van der Waals surface area contributed by atoms with Crippen molar-refractivity contribution in [3.8, 4) is 0 Å². The number of hydrogen-bond donors (Lipinski definition) is 0. The lowest BCUT2D eigenvalue weighted by atomic mass is 10.1. The van der Waals surface area contributed by atoms with E-state index in [9.17, 15) is 4.79 Å². The Morgan fingerprint density at radius 3 is 2.60 bits per heavy atom. The molecule has 0 heterocycles. The van der Waals surface area contributed by atoms with Gasteiger partial charge in [-0.2, -0.15) is 0 Å². The summed E-state index contributed by atoms with van der Waals surface area (Å²) < 4.78 is 6.78. The van der Waals surface area contributed by atoms with Crippen LogP contribution in [0.3, 0.4) is 0 Å². The van der Waals surface area contributed by atoms with Gasteiger partial charge in [0.25, 0.3) is 0 Å². The van der Waals surface area contributed by atoms with Gasteiger partial charge in [0.1, 0.15) is 5.78 Å². The fraction of sp³-hybridized carbons (Fsp3) is 0.889. The molecule has 1 heteroatoms. The number of rotatable bonds is 6. The van der Waals surface area contributed by atoms with Gasteiger partial charge in [-0.05, 0) is 13.3 Å². The van der Waals surface area contributed by atoms with E-state index < -0.39 is 0 Å². The zero-order valence-electron chi connectivity index (χ0n) is 7.86. The van der Waals surface area contributed by atoms with E-state index >= 15 is 0 Å². The molecular weight excluding hydrogens is 124 g/mol. The number of ketones is 1. The molecule has 0 amide bonds. The van der Waals surface area contributed by atoms with Crippen LogP contribution in [0.1, 0.15) is 53.7 Å². The van der Waals surface area contributed by atoms with Gasteiger partial charge < -0.3 is 4.79 Å². The van der Waals surface area contributed by atoms with Crippen LogP contribution < -0.4 is 0 Å². The summed E-state index contributed by atoms with van der Waals surface area (Å²) in [5, 5.41) is 0. The van der Waals surface area contributed by atoms with Crippen molar-refractivity contribution in [2.24, 2.45) is 0 Å². The van der Waals surface area contributed by atoms with Gasteiger partial charge >= 0.3 is 0 Å². The van der Waals surface area contributed by atoms with Crippen LogP contribution in [0.2, 0.25) is 0 Å². The third kappa shape index (κ3) is 7.67. The smallest absolute Gasteiger partial charge is 0.129 e. The maximum absolute atomic E-state index is 10.7. The summed E-state index contributed by atoms with van der Waals surface area (Å²) in [5.74, 6) is 0.0847. The first-order chi connectivity index (χ1) is 5.31. The molecule has 0 N–H and O–H groups in total. The van der Waals surface area contributed by atoms with Gasteiger partial charge in [0.2, 0.25) is 0 Å². The minimum Gasteiger partial charge on any atom is -0.300 e. The second kappa shape index (κ2) is 6.79. The number of unbranched alkanes of at least 4 members (excludes halogenated alkanes) is 4. The highest BCUT2D eigenvalue weighted by atomic mass is 16.1. The number of carbonyl (C=O) groups excluding carboxylic acids is 1. The van der Waals surface area contributed by atoms with Crippen molar-refractivity contribution in [3.63, 3.8) is 0 Å². The molecule has 0 aromatic carbocycles. The first-order valence-electron chi connectivity index (χ1n) is 4.83. The molecule has 0 radical (unpaired) electrons. The van der Waals surface area contributed by atoms with Crippen molar-refractivity contribution in [1.82, 2.24) is 0 Å². The molecule has 10 heavy (non-hydrogen) atoms. The molecule has 0 atom stereocenters. The van der Waals surface area contributed by atoms with Crippen molar-refractivity contribution >= 4 is 5.78 Å². The van der Waals surface area contributed by atoms with Crippen LogP contribution in [0.15, 0.2) is 0 Å². The van der Waals surface area contributed by atoms with Crippen molar-refractivity contribution in [2.45, 2.75) is 52.3 Å². The molecule has 0 unspecified atom stereocenters. The zero-order chi connectivity index (χ0) is 8.53.